The summed E-state index contributed by atoms with van der Waals surface area (Å²) in [6.45, 7) is 8.16. The predicted octanol–water partition coefficient (Wildman–Crippen LogP) is 5.50. The topological polar surface area (TPSA) is 63.8 Å². The van der Waals surface area contributed by atoms with Crippen molar-refractivity contribution in [3.8, 4) is 11.3 Å². The summed E-state index contributed by atoms with van der Waals surface area (Å²) in [6.07, 6.45) is 2.06. The van der Waals surface area contributed by atoms with Crippen LogP contribution in [0.2, 0.25) is 0 Å². The molecule has 0 bridgehead atoms. The van der Waals surface area contributed by atoms with Crippen molar-refractivity contribution in [3.05, 3.63) is 40.5 Å². The third-order valence-electron chi connectivity index (χ3n) is 5.62. The Kier molecular flexibility index (Phi) is 4.40. The van der Waals surface area contributed by atoms with Crippen molar-refractivity contribution < 1.29 is 8.81 Å². The number of halogens is 1. The highest BCUT2D eigenvalue weighted by molar-refractivity contribution is 7.18. The predicted molar refractivity (Wildman–Crippen MR) is 114 cm³/mol. The van der Waals surface area contributed by atoms with E-state index in [0.717, 1.165) is 39.2 Å². The molecule has 0 aliphatic carbocycles. The highest BCUT2D eigenvalue weighted by Crippen LogP contribution is 2.38. The van der Waals surface area contributed by atoms with E-state index in [0.29, 0.717) is 40.8 Å². The Labute approximate surface area is 172 Å². The smallest absolute Gasteiger partial charge is 0.247 e. The SMILES string of the molecule is Cc1nc2c(C)cc(-c3cc(F)c4nc(C5C[C@@H](C)N[C@@H](C)C5)sc4c3)nc2o1. The molecule has 150 valence electrons. The van der Waals surface area contributed by atoms with Crippen LogP contribution >= 0.6 is 11.3 Å². The van der Waals surface area contributed by atoms with Gasteiger partial charge in [-0.25, -0.2) is 19.3 Å². The zero-order chi connectivity index (χ0) is 20.3. The van der Waals surface area contributed by atoms with Crippen LogP contribution in [0.15, 0.2) is 22.6 Å². The Morgan fingerprint density at radius 1 is 1.03 bits per heavy atom. The van der Waals surface area contributed by atoms with Gasteiger partial charge in [0.25, 0.3) is 0 Å². The third-order valence-corrected chi connectivity index (χ3v) is 6.78. The molecule has 0 radical (unpaired) electrons. The average Bonchev–Trinajstić information content (AvgIpc) is 3.24. The van der Waals surface area contributed by atoms with Gasteiger partial charge in [0.2, 0.25) is 5.71 Å². The van der Waals surface area contributed by atoms with Gasteiger partial charge in [-0.2, -0.15) is 0 Å². The van der Waals surface area contributed by atoms with Crippen molar-refractivity contribution >= 4 is 32.8 Å². The van der Waals surface area contributed by atoms with E-state index < -0.39 is 0 Å². The molecule has 3 aromatic heterocycles. The lowest BCUT2D eigenvalue weighted by Gasteiger charge is -2.31. The van der Waals surface area contributed by atoms with Gasteiger partial charge in [-0.15, -0.1) is 11.3 Å². The Bertz CT molecular complexity index is 1220. The van der Waals surface area contributed by atoms with Crippen LogP contribution < -0.4 is 5.32 Å². The average molecular weight is 411 g/mol. The molecule has 1 aromatic carbocycles. The highest BCUT2D eigenvalue weighted by atomic mass is 32.1. The normalized spacial score (nSPS) is 22.6. The Hall–Kier alpha value is -2.38. The van der Waals surface area contributed by atoms with Crippen molar-refractivity contribution in [2.75, 3.05) is 0 Å². The van der Waals surface area contributed by atoms with E-state index in [4.69, 9.17) is 4.42 Å². The van der Waals surface area contributed by atoms with Gasteiger partial charge in [0, 0.05) is 30.5 Å². The second-order valence-electron chi connectivity index (χ2n) is 8.21. The minimum atomic E-state index is -0.302. The highest BCUT2D eigenvalue weighted by Gasteiger charge is 2.27. The molecule has 1 fully saturated rings. The van der Waals surface area contributed by atoms with Crippen LogP contribution in [0.1, 0.15) is 49.1 Å². The molecule has 0 amide bonds. The van der Waals surface area contributed by atoms with Gasteiger partial charge >= 0.3 is 0 Å². The molecule has 0 spiro atoms. The largest absolute Gasteiger partial charge is 0.423 e. The molecule has 29 heavy (non-hydrogen) atoms. The van der Waals surface area contributed by atoms with E-state index in [1.165, 1.54) is 6.07 Å². The molecular weight excluding hydrogens is 387 g/mol. The number of hydrogen-bond acceptors (Lipinski definition) is 6. The van der Waals surface area contributed by atoms with E-state index in [1.54, 1.807) is 18.3 Å². The van der Waals surface area contributed by atoms with Crippen molar-refractivity contribution in [1.82, 2.24) is 20.3 Å². The Morgan fingerprint density at radius 3 is 2.55 bits per heavy atom. The first-order valence-corrected chi connectivity index (χ1v) is 10.8. The summed E-state index contributed by atoms with van der Waals surface area (Å²) in [4.78, 5) is 13.6. The molecule has 3 atom stereocenters. The first-order valence-electron chi connectivity index (χ1n) is 9.98. The van der Waals surface area contributed by atoms with Crippen LogP contribution in [0.25, 0.3) is 32.7 Å². The summed E-state index contributed by atoms with van der Waals surface area (Å²) < 4.78 is 21.4. The van der Waals surface area contributed by atoms with E-state index in [1.807, 2.05) is 19.1 Å². The first-order chi connectivity index (χ1) is 13.9. The second kappa shape index (κ2) is 6.85. The maximum Gasteiger partial charge on any atom is 0.247 e. The number of fused-ring (bicyclic) bond motifs is 2. The summed E-state index contributed by atoms with van der Waals surface area (Å²) in [5.41, 5.74) is 4.08. The van der Waals surface area contributed by atoms with Gasteiger partial charge in [0.05, 0.1) is 15.4 Å². The van der Waals surface area contributed by atoms with Crippen LogP contribution in [-0.2, 0) is 0 Å². The number of hydrogen-bond donors (Lipinski definition) is 1. The van der Waals surface area contributed by atoms with Gasteiger partial charge in [-0.3, -0.25) is 0 Å². The number of pyridine rings is 1. The number of rotatable bonds is 2. The van der Waals surface area contributed by atoms with E-state index >= 15 is 0 Å². The number of benzene rings is 1. The number of oxazole rings is 1. The number of nitrogens with zero attached hydrogens (tertiary/aromatic N) is 3. The molecule has 0 saturated carbocycles. The fraction of sp³-hybridized carbons (Fsp3) is 0.409. The zero-order valence-corrected chi connectivity index (χ0v) is 17.7. The van der Waals surface area contributed by atoms with Crippen LogP contribution in [0, 0.1) is 19.7 Å². The van der Waals surface area contributed by atoms with Gasteiger partial charge in [-0.05, 0) is 57.4 Å². The molecule has 1 aliphatic rings. The number of nitrogens with one attached hydrogen (secondary N) is 1. The quantitative estimate of drug-likeness (QED) is 0.473. The van der Waals surface area contributed by atoms with E-state index in [9.17, 15) is 4.39 Å². The van der Waals surface area contributed by atoms with Crippen LogP contribution in [0.3, 0.4) is 0 Å². The van der Waals surface area contributed by atoms with E-state index in [-0.39, 0.29) is 5.82 Å². The zero-order valence-electron chi connectivity index (χ0n) is 16.9. The lowest BCUT2D eigenvalue weighted by atomic mass is 9.89. The summed E-state index contributed by atoms with van der Waals surface area (Å²) in [5, 5.41) is 4.59. The number of aryl methyl sites for hydroxylation is 2. The maximum atomic E-state index is 15.0. The van der Waals surface area contributed by atoms with Gasteiger partial charge in [-0.1, -0.05) is 0 Å². The first kappa shape index (κ1) is 18.6. The molecule has 1 unspecified atom stereocenters. The van der Waals surface area contributed by atoms with Crippen molar-refractivity contribution in [2.24, 2.45) is 0 Å². The van der Waals surface area contributed by atoms with Crippen molar-refractivity contribution in [2.45, 2.75) is 58.5 Å². The van der Waals surface area contributed by atoms with E-state index in [2.05, 4.69) is 34.1 Å². The molecule has 7 heteroatoms. The summed E-state index contributed by atoms with van der Waals surface area (Å²) in [7, 11) is 0. The molecular formula is C22H23FN4OS. The molecule has 4 aromatic rings. The lowest BCUT2D eigenvalue weighted by Crippen LogP contribution is -2.41. The molecule has 1 aliphatic heterocycles. The summed E-state index contributed by atoms with van der Waals surface area (Å²) in [5.74, 6) is 0.644. The van der Waals surface area contributed by atoms with Gasteiger partial charge in [0.1, 0.15) is 11.0 Å². The van der Waals surface area contributed by atoms with Crippen LogP contribution in [-0.4, -0.2) is 27.0 Å². The number of thiazole rings is 1. The molecule has 4 heterocycles. The molecule has 1 N–H and O–H groups in total. The maximum absolute atomic E-state index is 15.0. The summed E-state index contributed by atoms with van der Waals surface area (Å²) in [6, 6.07) is 6.34. The molecule has 5 rings (SSSR count). The molecule has 1 saturated heterocycles. The van der Waals surface area contributed by atoms with Crippen molar-refractivity contribution in [3.63, 3.8) is 0 Å². The fourth-order valence-corrected chi connectivity index (χ4v) is 5.56. The lowest BCUT2D eigenvalue weighted by molar-refractivity contribution is 0.316. The Morgan fingerprint density at radius 2 is 1.79 bits per heavy atom. The fourth-order valence-electron chi connectivity index (χ4n) is 4.41. The van der Waals surface area contributed by atoms with Gasteiger partial charge < -0.3 is 9.73 Å². The standard InChI is InChI=1S/C22H23FN4OS/c1-10-5-17(26-21-19(10)25-13(4)28-21)14-8-16(23)20-18(9-14)29-22(27-20)15-6-11(2)24-12(3)7-15/h5,8-9,11-12,15,24H,6-7H2,1-4H3/t11-,12+,15?. The molecule has 5 nitrogen and oxygen atoms in total. The van der Waals surface area contributed by atoms with Crippen LogP contribution in [0.5, 0.6) is 0 Å². The number of aromatic nitrogens is 3. The van der Waals surface area contributed by atoms with Crippen LogP contribution in [0.4, 0.5) is 4.39 Å². The number of piperidine rings is 1. The van der Waals surface area contributed by atoms with Crippen molar-refractivity contribution in [1.29, 1.82) is 0 Å². The Balaban J connectivity index is 1.58. The third kappa shape index (κ3) is 3.32. The second-order valence-corrected chi connectivity index (χ2v) is 9.27. The minimum Gasteiger partial charge on any atom is -0.423 e. The summed E-state index contributed by atoms with van der Waals surface area (Å²) >= 11 is 1.60. The van der Waals surface area contributed by atoms with Gasteiger partial charge in [0.15, 0.2) is 11.7 Å². The monoisotopic (exact) mass is 410 g/mol. The minimum absolute atomic E-state index is 0.302.